The minimum atomic E-state index is -0.653. The van der Waals surface area contributed by atoms with Gasteiger partial charge in [-0.05, 0) is 17.2 Å². The van der Waals surface area contributed by atoms with E-state index < -0.39 is 12.0 Å². The highest BCUT2D eigenvalue weighted by Crippen LogP contribution is 2.41. The van der Waals surface area contributed by atoms with E-state index in [4.69, 9.17) is 4.74 Å². The van der Waals surface area contributed by atoms with Gasteiger partial charge in [0.15, 0.2) is 0 Å². The van der Waals surface area contributed by atoms with E-state index in [1.165, 1.54) is 26.2 Å². The lowest BCUT2D eigenvalue weighted by atomic mass is 9.98. The second kappa shape index (κ2) is 7.17. The summed E-state index contributed by atoms with van der Waals surface area (Å²) in [5.74, 6) is -0.635. The van der Waals surface area contributed by atoms with Crippen molar-refractivity contribution in [3.63, 3.8) is 0 Å². The van der Waals surface area contributed by atoms with Crippen molar-refractivity contribution in [2.75, 3.05) is 0 Å². The fraction of sp³-hybridized carbons (Fsp3) is 0.130. The molecule has 0 saturated heterocycles. The number of carbonyl (C=O) groups is 1. The number of pyridine rings is 1. The van der Waals surface area contributed by atoms with Crippen molar-refractivity contribution in [2.24, 2.45) is 14.1 Å². The van der Waals surface area contributed by atoms with E-state index in [9.17, 15) is 14.0 Å². The molecule has 0 unspecified atom stereocenters. The summed E-state index contributed by atoms with van der Waals surface area (Å²) in [5.41, 5.74) is 4.19. The molecule has 1 aromatic carbocycles. The summed E-state index contributed by atoms with van der Waals surface area (Å²) in [7, 11) is 3.28. The van der Waals surface area contributed by atoms with Gasteiger partial charge in [0.1, 0.15) is 12.3 Å². The number of nitrogens with zero attached hydrogens (tertiary/aromatic N) is 5. The van der Waals surface area contributed by atoms with Crippen LogP contribution in [0.2, 0.25) is 0 Å². The Morgan fingerprint density at radius 1 is 1.21 bits per heavy atom. The molecule has 11 heteroatoms. The van der Waals surface area contributed by atoms with E-state index in [1.54, 1.807) is 26.5 Å². The van der Waals surface area contributed by atoms with Crippen molar-refractivity contribution in [1.82, 2.24) is 34.2 Å². The third-order valence-electron chi connectivity index (χ3n) is 5.93. The van der Waals surface area contributed by atoms with Crippen LogP contribution in [-0.2, 0) is 25.4 Å². The molecule has 0 fully saturated rings. The Hall–Kier alpha value is -4.67. The van der Waals surface area contributed by atoms with Crippen LogP contribution in [0, 0.1) is 5.95 Å². The Morgan fingerprint density at radius 3 is 2.85 bits per heavy atom. The molecule has 0 atom stereocenters. The van der Waals surface area contributed by atoms with E-state index in [0.29, 0.717) is 33.3 Å². The lowest BCUT2D eigenvalue weighted by Crippen LogP contribution is -2.21. The highest BCUT2D eigenvalue weighted by molar-refractivity contribution is 6.14. The largest absolute Gasteiger partial charge is 0.444 e. The van der Waals surface area contributed by atoms with Gasteiger partial charge in [-0.1, -0.05) is 18.2 Å². The first kappa shape index (κ1) is 20.0. The molecule has 6 rings (SSSR count). The summed E-state index contributed by atoms with van der Waals surface area (Å²) < 4.78 is 24.4. The number of aromatic nitrogens is 6. The zero-order chi connectivity index (χ0) is 23.6. The number of H-pyrrole nitrogens is 1. The Labute approximate surface area is 190 Å². The highest BCUT2D eigenvalue weighted by Gasteiger charge is 2.25. The number of imidazole rings is 1. The van der Waals surface area contributed by atoms with Gasteiger partial charge in [-0.15, -0.1) is 5.10 Å². The van der Waals surface area contributed by atoms with E-state index in [0.717, 1.165) is 11.1 Å². The summed E-state index contributed by atoms with van der Waals surface area (Å²) in [6.45, 7) is 0.0359. The third-order valence-corrected chi connectivity index (χ3v) is 5.93. The summed E-state index contributed by atoms with van der Waals surface area (Å²) in [6, 6.07) is 7.41. The number of benzene rings is 1. The molecule has 5 heterocycles. The van der Waals surface area contributed by atoms with Crippen LogP contribution >= 0.6 is 0 Å². The summed E-state index contributed by atoms with van der Waals surface area (Å²) in [6.07, 6.45) is 5.32. The Morgan fingerprint density at radius 2 is 2.06 bits per heavy atom. The van der Waals surface area contributed by atoms with E-state index in [2.05, 4.69) is 20.4 Å². The highest BCUT2D eigenvalue weighted by atomic mass is 19.1. The van der Waals surface area contributed by atoms with Gasteiger partial charge in [0.05, 0.1) is 33.9 Å². The zero-order valence-corrected chi connectivity index (χ0v) is 18.2. The van der Waals surface area contributed by atoms with Crippen LogP contribution in [0.25, 0.3) is 50.7 Å². The normalized spacial score (nSPS) is 14.5. The maximum Gasteiger partial charge on any atom is 0.411 e. The average Bonchev–Trinajstić information content (AvgIpc) is 3.44. The van der Waals surface area contributed by atoms with Crippen LogP contribution in [0.3, 0.4) is 0 Å². The Kier molecular flexibility index (Phi) is 4.21. The Balaban J connectivity index is 1.82. The van der Waals surface area contributed by atoms with Crippen LogP contribution in [-0.4, -0.2) is 35.0 Å². The zero-order valence-electron chi connectivity index (χ0n) is 18.2. The van der Waals surface area contributed by atoms with Crippen molar-refractivity contribution < 1.29 is 13.9 Å². The maximum atomic E-state index is 14.8. The van der Waals surface area contributed by atoms with Crippen LogP contribution in [0.15, 0.2) is 47.7 Å². The second-order valence-corrected chi connectivity index (χ2v) is 8.05. The number of ether oxygens (including phenoxy) is 1. The topological polar surface area (TPSA) is 112 Å². The molecule has 0 aliphatic carbocycles. The van der Waals surface area contributed by atoms with Crippen molar-refractivity contribution in [1.29, 1.82) is 0 Å². The van der Waals surface area contributed by atoms with Gasteiger partial charge in [0.2, 0.25) is 5.95 Å². The molecule has 2 bridgehead atoms. The molecule has 1 amide bonds. The molecule has 4 aromatic heterocycles. The molecule has 1 aliphatic rings. The SMILES string of the molecule is Cn1cc(-c2[nH]c3ncc4c5c3c2-c2cccc(c2)COC(=O)N/C=C/n5c(=O)n4C)c(F)n1. The predicted octanol–water partition coefficient (Wildman–Crippen LogP) is 3.09. The fourth-order valence-corrected chi connectivity index (χ4v) is 4.42. The maximum absolute atomic E-state index is 14.8. The molecule has 2 N–H and O–H groups in total. The number of rotatable bonds is 1. The quantitative estimate of drug-likeness (QED) is 0.400. The molecule has 1 aliphatic heterocycles. The first-order valence-corrected chi connectivity index (χ1v) is 10.4. The number of fused-ring (bicyclic) bond motifs is 3. The van der Waals surface area contributed by atoms with Gasteiger partial charge < -0.3 is 9.72 Å². The van der Waals surface area contributed by atoms with Gasteiger partial charge in [-0.25, -0.2) is 14.6 Å². The molecule has 10 nitrogen and oxygen atoms in total. The standard InChI is InChI=1S/C23H18FN7O3/c1-29-10-14(20(24)28-29)18-16-13-5-3-4-12(8-13)11-34-22(32)25-6-7-31-19-15(30(2)23(31)33)9-26-21(27-18)17(16)19/h3-10H,11H2,1-2H3,(H,25,32)(H,26,27)/b7-6+. The number of cyclic esters (lactones) is 1. The van der Waals surface area contributed by atoms with Crippen molar-refractivity contribution in [3.8, 4) is 22.4 Å². The van der Waals surface area contributed by atoms with E-state index >= 15 is 0 Å². The van der Waals surface area contributed by atoms with Crippen LogP contribution in [0.1, 0.15) is 5.56 Å². The fourth-order valence-electron chi connectivity index (χ4n) is 4.42. The number of hydrogen-bond donors (Lipinski definition) is 2. The molecular weight excluding hydrogens is 441 g/mol. The van der Waals surface area contributed by atoms with Gasteiger partial charge in [0, 0.05) is 38.3 Å². The number of aryl methyl sites for hydroxylation is 2. The van der Waals surface area contributed by atoms with Crippen LogP contribution < -0.4 is 11.0 Å². The van der Waals surface area contributed by atoms with Gasteiger partial charge in [-0.2, -0.15) is 4.39 Å². The van der Waals surface area contributed by atoms with Gasteiger partial charge in [-0.3, -0.25) is 19.1 Å². The van der Waals surface area contributed by atoms with Crippen molar-refractivity contribution in [2.45, 2.75) is 6.61 Å². The molecule has 0 spiro atoms. The number of hydrogen-bond acceptors (Lipinski definition) is 5. The number of nitrogens with one attached hydrogen (secondary N) is 2. The Bertz CT molecular complexity index is 1720. The van der Waals surface area contributed by atoms with Crippen molar-refractivity contribution in [3.05, 3.63) is 64.9 Å². The predicted molar refractivity (Wildman–Crippen MR) is 123 cm³/mol. The molecular formula is C23H18FN7O3. The first-order chi connectivity index (χ1) is 16.4. The number of amides is 1. The lowest BCUT2D eigenvalue weighted by Gasteiger charge is -2.08. The molecule has 34 heavy (non-hydrogen) atoms. The summed E-state index contributed by atoms with van der Waals surface area (Å²) in [5, 5.41) is 7.01. The molecule has 0 saturated carbocycles. The average molecular weight is 459 g/mol. The third kappa shape index (κ3) is 2.86. The number of carbonyl (C=O) groups excluding carboxylic acids is 1. The smallest absolute Gasteiger partial charge is 0.411 e. The van der Waals surface area contributed by atoms with E-state index in [1.807, 2.05) is 24.3 Å². The lowest BCUT2D eigenvalue weighted by molar-refractivity contribution is 0.143. The number of alkyl carbamates (subject to hydrolysis) is 1. The number of halogens is 1. The number of aromatic amines is 1. The first-order valence-electron chi connectivity index (χ1n) is 10.4. The minimum absolute atomic E-state index is 0.0359. The van der Waals surface area contributed by atoms with Crippen LogP contribution in [0.4, 0.5) is 9.18 Å². The van der Waals surface area contributed by atoms with Crippen molar-refractivity contribution >= 4 is 34.4 Å². The van der Waals surface area contributed by atoms with Crippen LogP contribution in [0.5, 0.6) is 0 Å². The van der Waals surface area contributed by atoms with E-state index in [-0.39, 0.29) is 17.9 Å². The summed E-state index contributed by atoms with van der Waals surface area (Å²) >= 11 is 0. The molecule has 5 aromatic rings. The molecule has 0 radical (unpaired) electrons. The minimum Gasteiger partial charge on any atom is -0.444 e. The molecule has 170 valence electrons. The van der Waals surface area contributed by atoms with Gasteiger partial charge in [0.25, 0.3) is 0 Å². The van der Waals surface area contributed by atoms with Gasteiger partial charge >= 0.3 is 11.8 Å². The summed E-state index contributed by atoms with van der Waals surface area (Å²) in [4.78, 5) is 33.0. The second-order valence-electron chi connectivity index (χ2n) is 8.05. The monoisotopic (exact) mass is 459 g/mol.